The molecule has 1 aromatic heterocycles. The second-order valence-corrected chi connectivity index (χ2v) is 3.99. The van der Waals surface area contributed by atoms with E-state index in [1.54, 1.807) is 0 Å². The lowest BCUT2D eigenvalue weighted by atomic mass is 10.2. The van der Waals surface area contributed by atoms with Crippen molar-refractivity contribution in [1.29, 1.82) is 0 Å². The number of anilines is 2. The summed E-state index contributed by atoms with van der Waals surface area (Å²) in [5, 5.41) is 2.88. The van der Waals surface area contributed by atoms with Crippen molar-refractivity contribution < 1.29 is 13.2 Å². The number of nitrogen functional groups attached to an aromatic ring is 1. The summed E-state index contributed by atoms with van der Waals surface area (Å²) in [6, 6.07) is 10.2. The van der Waals surface area contributed by atoms with Crippen molar-refractivity contribution in [1.82, 2.24) is 4.98 Å². The summed E-state index contributed by atoms with van der Waals surface area (Å²) in [5.74, 6) is 0. The van der Waals surface area contributed by atoms with Gasteiger partial charge in [-0.2, -0.15) is 13.2 Å². The molecular weight excluding hydrogens is 255 g/mol. The molecule has 6 heteroatoms. The van der Waals surface area contributed by atoms with Crippen molar-refractivity contribution >= 4 is 11.4 Å². The van der Waals surface area contributed by atoms with E-state index >= 15 is 0 Å². The molecule has 2 aromatic rings. The minimum atomic E-state index is -4.48. The number of pyridine rings is 1. The van der Waals surface area contributed by atoms with Gasteiger partial charge in [0.2, 0.25) is 0 Å². The Bertz CT molecular complexity index is 553. The van der Waals surface area contributed by atoms with Crippen LogP contribution in [0.5, 0.6) is 0 Å². The maximum Gasteiger partial charge on any atom is 0.433 e. The highest BCUT2D eigenvalue weighted by Gasteiger charge is 2.32. The molecule has 0 aliphatic heterocycles. The van der Waals surface area contributed by atoms with Crippen LogP contribution in [-0.4, -0.2) is 4.98 Å². The van der Waals surface area contributed by atoms with E-state index in [1.165, 1.54) is 0 Å². The molecule has 1 heterocycles. The number of alkyl halides is 3. The fourth-order valence-electron chi connectivity index (χ4n) is 1.57. The number of nitrogens with zero attached hydrogens (tertiary/aromatic N) is 1. The van der Waals surface area contributed by atoms with Gasteiger partial charge in [-0.15, -0.1) is 0 Å². The van der Waals surface area contributed by atoms with E-state index < -0.39 is 11.9 Å². The topological polar surface area (TPSA) is 50.9 Å². The smallest absolute Gasteiger partial charge is 0.396 e. The molecule has 3 nitrogen and oxygen atoms in total. The molecule has 0 atom stereocenters. The van der Waals surface area contributed by atoms with Crippen molar-refractivity contribution in [3.05, 3.63) is 53.9 Å². The Kier molecular flexibility index (Phi) is 3.59. The molecule has 0 bridgehead atoms. The molecule has 2 rings (SSSR count). The summed E-state index contributed by atoms with van der Waals surface area (Å²) in [5.41, 5.74) is 6.01. The number of hydrogen-bond donors (Lipinski definition) is 2. The normalized spacial score (nSPS) is 11.3. The molecule has 0 saturated carbocycles. The van der Waals surface area contributed by atoms with Crippen LogP contribution in [0.25, 0.3) is 0 Å². The van der Waals surface area contributed by atoms with E-state index in [2.05, 4.69) is 10.3 Å². The highest BCUT2D eigenvalue weighted by Crippen LogP contribution is 2.31. The molecule has 3 N–H and O–H groups in total. The van der Waals surface area contributed by atoms with Crippen LogP contribution >= 0.6 is 0 Å². The van der Waals surface area contributed by atoms with Crippen molar-refractivity contribution in [2.75, 3.05) is 11.1 Å². The van der Waals surface area contributed by atoms with Gasteiger partial charge in [-0.3, -0.25) is 0 Å². The number of benzene rings is 1. The lowest BCUT2D eigenvalue weighted by Crippen LogP contribution is -2.10. The molecule has 0 radical (unpaired) electrons. The Hall–Kier alpha value is -2.24. The maximum absolute atomic E-state index is 12.5. The van der Waals surface area contributed by atoms with E-state index in [9.17, 15) is 13.2 Å². The van der Waals surface area contributed by atoms with Crippen LogP contribution in [0.15, 0.2) is 42.6 Å². The van der Waals surface area contributed by atoms with Crippen molar-refractivity contribution in [3.63, 3.8) is 0 Å². The van der Waals surface area contributed by atoms with Crippen molar-refractivity contribution in [2.45, 2.75) is 12.7 Å². The summed E-state index contributed by atoms with van der Waals surface area (Å²) in [7, 11) is 0. The Morgan fingerprint density at radius 2 is 1.84 bits per heavy atom. The zero-order valence-electron chi connectivity index (χ0n) is 9.91. The Morgan fingerprint density at radius 3 is 2.47 bits per heavy atom. The third-order valence-corrected chi connectivity index (χ3v) is 2.55. The predicted octanol–water partition coefficient (Wildman–Crippen LogP) is 3.29. The lowest BCUT2D eigenvalue weighted by molar-refractivity contribution is -0.141. The molecule has 100 valence electrons. The quantitative estimate of drug-likeness (QED) is 0.897. The van der Waals surface area contributed by atoms with E-state index in [4.69, 9.17) is 5.73 Å². The van der Waals surface area contributed by atoms with Crippen LogP contribution in [0.1, 0.15) is 11.3 Å². The molecule has 0 spiro atoms. The predicted molar refractivity (Wildman–Crippen MR) is 67.4 cm³/mol. The molecule has 0 unspecified atom stereocenters. The zero-order chi connectivity index (χ0) is 13.9. The minimum Gasteiger partial charge on any atom is -0.396 e. The average molecular weight is 267 g/mol. The Balaban J connectivity index is 2.16. The van der Waals surface area contributed by atoms with Crippen LogP contribution < -0.4 is 11.1 Å². The number of hydrogen-bond acceptors (Lipinski definition) is 3. The third-order valence-electron chi connectivity index (χ3n) is 2.55. The van der Waals surface area contributed by atoms with Gasteiger partial charge < -0.3 is 11.1 Å². The number of halogens is 3. The van der Waals surface area contributed by atoms with Crippen LogP contribution in [0, 0.1) is 0 Å². The first-order valence-corrected chi connectivity index (χ1v) is 5.57. The van der Waals surface area contributed by atoms with Gasteiger partial charge in [-0.05, 0) is 11.6 Å². The highest BCUT2D eigenvalue weighted by molar-refractivity contribution is 5.65. The molecule has 0 saturated heterocycles. The van der Waals surface area contributed by atoms with Crippen LogP contribution in [0.4, 0.5) is 24.5 Å². The van der Waals surface area contributed by atoms with Gasteiger partial charge in [0.15, 0.2) is 0 Å². The second-order valence-electron chi connectivity index (χ2n) is 3.99. The molecule has 0 aliphatic rings. The number of nitrogens with one attached hydrogen (secondary N) is 1. The lowest BCUT2D eigenvalue weighted by Gasteiger charge is -2.12. The Labute approximate surface area is 108 Å². The fraction of sp³-hybridized carbons (Fsp3) is 0.154. The average Bonchev–Trinajstić information content (AvgIpc) is 2.37. The third kappa shape index (κ3) is 3.37. The highest BCUT2D eigenvalue weighted by atomic mass is 19.4. The van der Waals surface area contributed by atoms with Crippen molar-refractivity contribution in [2.24, 2.45) is 0 Å². The van der Waals surface area contributed by atoms with Gasteiger partial charge in [0.1, 0.15) is 5.69 Å². The van der Waals surface area contributed by atoms with E-state index in [0.717, 1.165) is 17.8 Å². The fourth-order valence-corrected chi connectivity index (χ4v) is 1.57. The summed E-state index contributed by atoms with van der Waals surface area (Å²) >= 11 is 0. The van der Waals surface area contributed by atoms with Crippen LogP contribution in [-0.2, 0) is 12.7 Å². The minimum absolute atomic E-state index is 0.184. The molecule has 19 heavy (non-hydrogen) atoms. The van der Waals surface area contributed by atoms with Gasteiger partial charge in [-0.25, -0.2) is 4.98 Å². The summed E-state index contributed by atoms with van der Waals surface area (Å²) in [6.45, 7) is 0.395. The first-order chi connectivity index (χ1) is 8.97. The summed E-state index contributed by atoms with van der Waals surface area (Å²) in [6.07, 6.45) is -3.47. The van der Waals surface area contributed by atoms with Gasteiger partial charge in [0.25, 0.3) is 0 Å². The largest absolute Gasteiger partial charge is 0.433 e. The van der Waals surface area contributed by atoms with E-state index in [-0.39, 0.29) is 11.4 Å². The van der Waals surface area contributed by atoms with Crippen LogP contribution in [0.3, 0.4) is 0 Å². The first-order valence-electron chi connectivity index (χ1n) is 5.57. The summed E-state index contributed by atoms with van der Waals surface area (Å²) < 4.78 is 37.6. The molecular formula is C13H12F3N3. The second kappa shape index (κ2) is 5.17. The van der Waals surface area contributed by atoms with Crippen molar-refractivity contribution in [3.8, 4) is 0 Å². The van der Waals surface area contributed by atoms with Gasteiger partial charge in [0.05, 0.1) is 17.6 Å². The Morgan fingerprint density at radius 1 is 1.16 bits per heavy atom. The number of aromatic nitrogens is 1. The molecule has 1 aromatic carbocycles. The van der Waals surface area contributed by atoms with E-state index in [1.807, 2.05) is 30.3 Å². The van der Waals surface area contributed by atoms with Crippen LogP contribution in [0.2, 0.25) is 0 Å². The van der Waals surface area contributed by atoms with Gasteiger partial charge >= 0.3 is 6.18 Å². The van der Waals surface area contributed by atoms with Gasteiger partial charge in [-0.1, -0.05) is 30.3 Å². The zero-order valence-corrected chi connectivity index (χ0v) is 9.91. The maximum atomic E-state index is 12.5. The van der Waals surface area contributed by atoms with Gasteiger partial charge in [0, 0.05) is 6.54 Å². The first kappa shape index (κ1) is 13.2. The summed E-state index contributed by atoms with van der Waals surface area (Å²) in [4.78, 5) is 3.28. The number of rotatable bonds is 3. The number of nitrogens with two attached hydrogens (primary N) is 1. The standard InChI is InChI=1S/C13H12F3N3/c14-13(15,16)12-6-11(10(17)8-19-12)18-7-9-4-2-1-3-5-9/h1-6,8H,7,17H2,(H,18,19). The SMILES string of the molecule is Nc1cnc(C(F)(F)F)cc1NCc1ccccc1. The molecule has 0 fully saturated rings. The molecule has 0 amide bonds. The van der Waals surface area contributed by atoms with E-state index in [0.29, 0.717) is 6.54 Å². The monoisotopic (exact) mass is 267 g/mol. The molecule has 0 aliphatic carbocycles.